The first-order chi connectivity index (χ1) is 16.4. The first kappa shape index (κ1) is 22.5. The van der Waals surface area contributed by atoms with Crippen LogP contribution in [0.5, 0.6) is 5.75 Å². The molecule has 0 saturated carbocycles. The Morgan fingerprint density at radius 3 is 2.50 bits per heavy atom. The number of esters is 1. The third-order valence-corrected chi connectivity index (χ3v) is 5.40. The van der Waals surface area contributed by atoms with Crippen molar-refractivity contribution in [2.75, 3.05) is 5.32 Å². The van der Waals surface area contributed by atoms with Crippen molar-refractivity contribution in [1.29, 1.82) is 5.26 Å². The van der Waals surface area contributed by atoms with Crippen LogP contribution in [0.4, 0.5) is 5.69 Å². The van der Waals surface area contributed by atoms with Crippen molar-refractivity contribution < 1.29 is 14.3 Å². The first-order valence-corrected chi connectivity index (χ1v) is 10.7. The highest BCUT2D eigenvalue weighted by Gasteiger charge is 2.14. The van der Waals surface area contributed by atoms with Crippen LogP contribution in [0.2, 0.25) is 0 Å². The molecule has 4 aromatic rings. The molecule has 1 N–H and O–H groups in total. The second-order valence-electron chi connectivity index (χ2n) is 7.93. The molecule has 0 aromatic heterocycles. The highest BCUT2D eigenvalue weighted by atomic mass is 16.5. The van der Waals surface area contributed by atoms with Crippen molar-refractivity contribution in [1.82, 2.24) is 0 Å². The number of nitrogens with one attached hydrogen (secondary N) is 1. The summed E-state index contributed by atoms with van der Waals surface area (Å²) >= 11 is 0. The molecular weight excluding hydrogens is 424 g/mol. The molecule has 0 radical (unpaired) electrons. The number of carbonyl (C=O) groups excluding carboxylic acids is 2. The van der Waals surface area contributed by atoms with E-state index in [1.807, 2.05) is 74.5 Å². The van der Waals surface area contributed by atoms with Crippen LogP contribution >= 0.6 is 0 Å². The molecular formula is C29H22N2O3. The van der Waals surface area contributed by atoms with Gasteiger partial charge in [0, 0.05) is 5.69 Å². The summed E-state index contributed by atoms with van der Waals surface area (Å²) in [4.78, 5) is 25.5. The van der Waals surface area contributed by atoms with Gasteiger partial charge in [-0.05, 0) is 71.7 Å². The Bertz CT molecular complexity index is 1470. The lowest BCUT2D eigenvalue weighted by molar-refractivity contribution is -0.112. The fourth-order valence-electron chi connectivity index (χ4n) is 3.61. The lowest BCUT2D eigenvalue weighted by atomic mass is 10.0. The summed E-state index contributed by atoms with van der Waals surface area (Å²) in [6.45, 7) is 3.82. The van der Waals surface area contributed by atoms with E-state index in [4.69, 9.17) is 4.74 Å². The number of anilines is 1. The molecule has 5 nitrogen and oxygen atoms in total. The quantitative estimate of drug-likeness (QED) is 0.171. The van der Waals surface area contributed by atoms with E-state index in [9.17, 15) is 14.9 Å². The molecule has 4 aromatic carbocycles. The summed E-state index contributed by atoms with van der Waals surface area (Å²) in [5.74, 6) is -0.667. The number of nitriles is 1. The van der Waals surface area contributed by atoms with Crippen LogP contribution in [0.1, 0.15) is 27.0 Å². The molecule has 4 rings (SSSR count). The third-order valence-electron chi connectivity index (χ3n) is 5.40. The maximum atomic E-state index is 12.8. The summed E-state index contributed by atoms with van der Waals surface area (Å²) in [5, 5.41) is 14.1. The second-order valence-corrected chi connectivity index (χ2v) is 7.93. The van der Waals surface area contributed by atoms with E-state index >= 15 is 0 Å². The Morgan fingerprint density at radius 2 is 1.68 bits per heavy atom. The topological polar surface area (TPSA) is 79.2 Å². The zero-order valence-corrected chi connectivity index (χ0v) is 18.8. The number of hydrogen-bond donors (Lipinski definition) is 1. The zero-order chi connectivity index (χ0) is 24.1. The van der Waals surface area contributed by atoms with Gasteiger partial charge in [0.1, 0.15) is 17.4 Å². The van der Waals surface area contributed by atoms with Crippen molar-refractivity contribution in [3.63, 3.8) is 0 Å². The number of fused-ring (bicyclic) bond motifs is 1. The van der Waals surface area contributed by atoms with Crippen molar-refractivity contribution in [3.05, 3.63) is 113 Å². The van der Waals surface area contributed by atoms with Gasteiger partial charge in [0.15, 0.2) is 0 Å². The SMILES string of the molecule is Cc1ccc(C)c(NC(=O)/C(C#N)=C/c2cccc(OC(=O)c3cccc4ccccc34)c2)c1. The van der Waals surface area contributed by atoms with Crippen LogP contribution in [0, 0.1) is 25.2 Å². The number of amides is 1. The van der Waals surface area contributed by atoms with E-state index in [2.05, 4.69) is 5.32 Å². The zero-order valence-electron chi connectivity index (χ0n) is 18.8. The Morgan fingerprint density at radius 1 is 0.912 bits per heavy atom. The number of rotatable bonds is 5. The minimum absolute atomic E-state index is 0.0570. The predicted octanol–water partition coefficient (Wildman–Crippen LogP) is 6.22. The number of ether oxygens (including phenoxy) is 1. The van der Waals surface area contributed by atoms with Gasteiger partial charge >= 0.3 is 5.97 Å². The molecule has 5 heteroatoms. The molecule has 0 atom stereocenters. The summed E-state index contributed by atoms with van der Waals surface area (Å²) < 4.78 is 5.60. The highest BCUT2D eigenvalue weighted by Crippen LogP contribution is 2.23. The van der Waals surface area contributed by atoms with Crippen molar-refractivity contribution >= 4 is 34.4 Å². The van der Waals surface area contributed by atoms with E-state index in [0.717, 1.165) is 21.9 Å². The molecule has 1 amide bonds. The van der Waals surface area contributed by atoms with Gasteiger partial charge in [-0.2, -0.15) is 5.26 Å². The standard InChI is InChI=1S/C29H22N2O3/c1-19-13-14-20(2)27(15-19)31-28(32)23(18-30)16-21-7-5-10-24(17-21)34-29(33)26-12-6-9-22-8-3-4-11-25(22)26/h3-17H,1-2H3,(H,31,32)/b23-16+. The van der Waals surface area contributed by atoms with Gasteiger partial charge in [0.25, 0.3) is 5.91 Å². The van der Waals surface area contributed by atoms with E-state index in [1.165, 1.54) is 6.08 Å². The van der Waals surface area contributed by atoms with Crippen LogP contribution < -0.4 is 10.1 Å². The van der Waals surface area contributed by atoms with Crippen LogP contribution in [-0.4, -0.2) is 11.9 Å². The average Bonchev–Trinajstić information content (AvgIpc) is 2.84. The first-order valence-electron chi connectivity index (χ1n) is 10.7. The monoisotopic (exact) mass is 446 g/mol. The molecule has 0 aliphatic heterocycles. The predicted molar refractivity (Wildman–Crippen MR) is 133 cm³/mol. The second kappa shape index (κ2) is 9.85. The van der Waals surface area contributed by atoms with E-state index in [0.29, 0.717) is 22.6 Å². The fourth-order valence-corrected chi connectivity index (χ4v) is 3.61. The van der Waals surface area contributed by atoms with Gasteiger partial charge in [0.05, 0.1) is 5.56 Å². The number of nitrogens with zero attached hydrogens (tertiary/aromatic N) is 1. The third kappa shape index (κ3) is 5.03. The highest BCUT2D eigenvalue weighted by molar-refractivity contribution is 6.10. The minimum Gasteiger partial charge on any atom is -0.423 e. The molecule has 166 valence electrons. The lowest BCUT2D eigenvalue weighted by Gasteiger charge is -2.09. The van der Waals surface area contributed by atoms with Gasteiger partial charge < -0.3 is 10.1 Å². The van der Waals surface area contributed by atoms with Gasteiger partial charge in [-0.1, -0.05) is 60.7 Å². The smallest absolute Gasteiger partial charge is 0.344 e. The van der Waals surface area contributed by atoms with Crippen LogP contribution in [0.3, 0.4) is 0 Å². The largest absolute Gasteiger partial charge is 0.423 e. The van der Waals surface area contributed by atoms with Crippen LogP contribution in [0.25, 0.3) is 16.8 Å². The minimum atomic E-state index is -0.505. The Balaban J connectivity index is 1.55. The molecule has 0 bridgehead atoms. The number of benzene rings is 4. The van der Waals surface area contributed by atoms with Crippen LogP contribution in [-0.2, 0) is 4.79 Å². The molecule has 0 aliphatic rings. The maximum Gasteiger partial charge on any atom is 0.344 e. The normalized spacial score (nSPS) is 11.0. The molecule has 0 spiro atoms. The van der Waals surface area contributed by atoms with Crippen molar-refractivity contribution in [3.8, 4) is 11.8 Å². The average molecular weight is 447 g/mol. The van der Waals surface area contributed by atoms with E-state index in [-0.39, 0.29) is 5.57 Å². The summed E-state index contributed by atoms with van der Waals surface area (Å²) in [5.41, 5.74) is 3.53. The van der Waals surface area contributed by atoms with Gasteiger partial charge in [-0.25, -0.2) is 4.79 Å². The Kier molecular flexibility index (Phi) is 6.52. The van der Waals surface area contributed by atoms with Gasteiger partial charge in [0.2, 0.25) is 0 Å². The van der Waals surface area contributed by atoms with Crippen LogP contribution in [0.15, 0.2) is 90.5 Å². The molecule has 0 saturated heterocycles. The molecule has 0 fully saturated rings. The maximum absolute atomic E-state index is 12.8. The molecule has 0 unspecified atom stereocenters. The van der Waals surface area contributed by atoms with E-state index in [1.54, 1.807) is 30.3 Å². The molecule has 34 heavy (non-hydrogen) atoms. The van der Waals surface area contributed by atoms with E-state index < -0.39 is 11.9 Å². The molecule has 0 heterocycles. The van der Waals surface area contributed by atoms with Crippen molar-refractivity contribution in [2.24, 2.45) is 0 Å². The van der Waals surface area contributed by atoms with Gasteiger partial charge in [-0.15, -0.1) is 0 Å². The fraction of sp³-hybridized carbons (Fsp3) is 0.0690. The number of hydrogen-bond acceptors (Lipinski definition) is 4. The number of aryl methyl sites for hydroxylation is 2. The van der Waals surface area contributed by atoms with Crippen molar-refractivity contribution in [2.45, 2.75) is 13.8 Å². The summed E-state index contributed by atoms with van der Waals surface area (Å²) in [7, 11) is 0. The summed E-state index contributed by atoms with van der Waals surface area (Å²) in [6, 6.07) is 27.4. The van der Waals surface area contributed by atoms with Gasteiger partial charge in [-0.3, -0.25) is 4.79 Å². The Hall–Kier alpha value is -4.69. The number of carbonyl (C=O) groups is 2. The Labute approximate surface area is 197 Å². The molecule has 0 aliphatic carbocycles. The lowest BCUT2D eigenvalue weighted by Crippen LogP contribution is -2.14. The summed E-state index contributed by atoms with van der Waals surface area (Å²) in [6.07, 6.45) is 1.47.